The van der Waals surface area contributed by atoms with E-state index in [1.54, 1.807) is 31.4 Å². The zero-order valence-electron chi connectivity index (χ0n) is 14.1. The van der Waals surface area contributed by atoms with Crippen molar-refractivity contribution in [1.29, 1.82) is 0 Å². The highest BCUT2D eigenvalue weighted by molar-refractivity contribution is 5.95. The van der Waals surface area contributed by atoms with Crippen LogP contribution in [0.1, 0.15) is 10.4 Å². The topological polar surface area (TPSA) is 114 Å². The van der Waals surface area contributed by atoms with E-state index >= 15 is 0 Å². The number of nitrogens with zero attached hydrogens (tertiary/aromatic N) is 2. The number of hydrogen-bond acceptors (Lipinski definition) is 7. The summed E-state index contributed by atoms with van der Waals surface area (Å²) in [7, 11) is 1.58. The van der Waals surface area contributed by atoms with Crippen LogP contribution in [0.5, 0.6) is 5.75 Å². The molecule has 5 N–H and O–H groups in total. The molecule has 0 radical (unpaired) electrons. The Morgan fingerprint density at radius 2 is 1.69 bits per heavy atom. The summed E-state index contributed by atoms with van der Waals surface area (Å²) in [6.07, 6.45) is 1.34. The van der Waals surface area contributed by atoms with Crippen LogP contribution in [-0.4, -0.2) is 23.0 Å². The second-order valence-electron chi connectivity index (χ2n) is 5.25. The lowest BCUT2D eigenvalue weighted by Gasteiger charge is -2.14. The maximum absolute atomic E-state index is 12.1. The molecule has 0 spiro atoms. The van der Waals surface area contributed by atoms with E-state index in [9.17, 15) is 4.79 Å². The van der Waals surface area contributed by atoms with Crippen LogP contribution in [0.2, 0.25) is 0 Å². The molecule has 1 heterocycles. The van der Waals surface area contributed by atoms with Crippen molar-refractivity contribution < 1.29 is 9.53 Å². The number of anilines is 4. The van der Waals surface area contributed by atoms with Crippen molar-refractivity contribution in [3.05, 3.63) is 66.5 Å². The van der Waals surface area contributed by atoms with Crippen molar-refractivity contribution in [2.24, 2.45) is 0 Å². The highest BCUT2D eigenvalue weighted by Gasteiger charge is 2.11. The van der Waals surface area contributed by atoms with Crippen LogP contribution in [0.25, 0.3) is 0 Å². The van der Waals surface area contributed by atoms with Crippen molar-refractivity contribution in [3.8, 4) is 5.75 Å². The van der Waals surface area contributed by atoms with Gasteiger partial charge in [-0.25, -0.2) is 9.97 Å². The number of nitrogens with one attached hydrogen (secondary N) is 3. The van der Waals surface area contributed by atoms with Gasteiger partial charge in [0, 0.05) is 5.56 Å². The Hall–Kier alpha value is -3.81. The van der Waals surface area contributed by atoms with Gasteiger partial charge >= 0.3 is 0 Å². The van der Waals surface area contributed by atoms with Crippen LogP contribution in [0.4, 0.5) is 23.0 Å². The molecule has 1 aromatic heterocycles. The first-order valence-electron chi connectivity index (χ1n) is 7.81. The lowest BCUT2D eigenvalue weighted by molar-refractivity contribution is 0.0962. The minimum Gasteiger partial charge on any atom is -0.495 e. The standard InChI is InChI=1S/C18H18N6O2/c1-26-14-10-6-5-9-13(14)22-16-15(19)17(21-11-20-16)23-24-18(25)12-7-3-2-4-8-12/h2-11H,19H2,1H3,(H,24,25)(H2,20,21,22,23). The van der Waals surface area contributed by atoms with Crippen LogP contribution in [0.3, 0.4) is 0 Å². The van der Waals surface area contributed by atoms with Gasteiger partial charge in [0.05, 0.1) is 12.8 Å². The minimum atomic E-state index is -0.303. The third-order valence-corrected chi connectivity index (χ3v) is 3.57. The van der Waals surface area contributed by atoms with Crippen molar-refractivity contribution >= 4 is 28.9 Å². The number of ether oxygens (including phenoxy) is 1. The Bertz CT molecular complexity index is 901. The van der Waals surface area contributed by atoms with Gasteiger partial charge in [-0.1, -0.05) is 30.3 Å². The quantitative estimate of drug-likeness (QED) is 0.505. The van der Waals surface area contributed by atoms with Gasteiger partial charge in [0.15, 0.2) is 11.6 Å². The molecular weight excluding hydrogens is 332 g/mol. The summed E-state index contributed by atoms with van der Waals surface area (Å²) >= 11 is 0. The highest BCUT2D eigenvalue weighted by Crippen LogP contribution is 2.30. The molecular formula is C18H18N6O2. The SMILES string of the molecule is COc1ccccc1Nc1ncnc(NNC(=O)c2ccccc2)c1N. The molecule has 0 aliphatic rings. The second kappa shape index (κ2) is 7.84. The molecule has 8 nitrogen and oxygen atoms in total. The zero-order valence-corrected chi connectivity index (χ0v) is 14.1. The third-order valence-electron chi connectivity index (χ3n) is 3.57. The van der Waals surface area contributed by atoms with E-state index in [4.69, 9.17) is 10.5 Å². The molecule has 3 aromatic rings. The van der Waals surface area contributed by atoms with Gasteiger partial charge in [0.1, 0.15) is 17.8 Å². The normalized spacial score (nSPS) is 10.0. The maximum atomic E-state index is 12.1. The molecule has 0 fully saturated rings. The number of benzene rings is 2. The van der Waals surface area contributed by atoms with Crippen LogP contribution < -0.4 is 26.6 Å². The van der Waals surface area contributed by atoms with Crippen molar-refractivity contribution in [2.75, 3.05) is 23.6 Å². The summed E-state index contributed by atoms with van der Waals surface area (Å²) in [6, 6.07) is 16.2. The summed E-state index contributed by atoms with van der Waals surface area (Å²) in [6.45, 7) is 0. The van der Waals surface area contributed by atoms with E-state index in [0.29, 0.717) is 22.8 Å². The van der Waals surface area contributed by atoms with Crippen LogP contribution in [0, 0.1) is 0 Å². The first kappa shape index (κ1) is 17.0. The average Bonchev–Trinajstić information content (AvgIpc) is 2.69. The highest BCUT2D eigenvalue weighted by atomic mass is 16.5. The lowest BCUT2D eigenvalue weighted by Crippen LogP contribution is -2.30. The van der Waals surface area contributed by atoms with Gasteiger partial charge in [0.2, 0.25) is 0 Å². The van der Waals surface area contributed by atoms with Crippen molar-refractivity contribution in [1.82, 2.24) is 15.4 Å². The number of hydrogen-bond donors (Lipinski definition) is 4. The molecule has 0 bridgehead atoms. The van der Waals surface area contributed by atoms with Crippen LogP contribution in [-0.2, 0) is 0 Å². The van der Waals surface area contributed by atoms with Gasteiger partial charge < -0.3 is 15.8 Å². The summed E-state index contributed by atoms with van der Waals surface area (Å²) in [5, 5.41) is 3.10. The summed E-state index contributed by atoms with van der Waals surface area (Å²) < 4.78 is 5.30. The van der Waals surface area contributed by atoms with Gasteiger partial charge in [-0.3, -0.25) is 15.6 Å². The Balaban J connectivity index is 1.74. The fraction of sp³-hybridized carbons (Fsp3) is 0.0556. The molecule has 0 unspecified atom stereocenters. The minimum absolute atomic E-state index is 0.256. The molecule has 2 aromatic carbocycles. The second-order valence-corrected chi connectivity index (χ2v) is 5.25. The van der Waals surface area contributed by atoms with E-state index < -0.39 is 0 Å². The number of carbonyl (C=O) groups excluding carboxylic acids is 1. The fourth-order valence-electron chi connectivity index (χ4n) is 2.25. The average molecular weight is 350 g/mol. The number of amides is 1. The maximum Gasteiger partial charge on any atom is 0.269 e. The number of nitrogen functional groups attached to an aromatic ring is 1. The molecule has 132 valence electrons. The van der Waals surface area contributed by atoms with Crippen LogP contribution >= 0.6 is 0 Å². The van der Waals surface area contributed by atoms with Gasteiger partial charge in [-0.2, -0.15) is 0 Å². The van der Waals surface area contributed by atoms with Crippen molar-refractivity contribution in [3.63, 3.8) is 0 Å². The smallest absolute Gasteiger partial charge is 0.269 e. The molecule has 0 aliphatic carbocycles. The molecule has 0 atom stereocenters. The molecule has 26 heavy (non-hydrogen) atoms. The largest absolute Gasteiger partial charge is 0.495 e. The zero-order chi connectivity index (χ0) is 18.4. The lowest BCUT2D eigenvalue weighted by atomic mass is 10.2. The van der Waals surface area contributed by atoms with E-state index in [0.717, 1.165) is 0 Å². The number of hydrazine groups is 1. The van der Waals surface area contributed by atoms with Gasteiger partial charge in [-0.15, -0.1) is 0 Å². The Kier molecular flexibility index (Phi) is 5.14. The Morgan fingerprint density at radius 3 is 2.46 bits per heavy atom. The number of methoxy groups -OCH3 is 1. The number of nitrogens with two attached hydrogens (primary N) is 1. The predicted molar refractivity (Wildman–Crippen MR) is 100 cm³/mol. The first-order valence-corrected chi connectivity index (χ1v) is 7.81. The molecule has 8 heteroatoms. The summed E-state index contributed by atoms with van der Waals surface area (Å²) in [4.78, 5) is 20.3. The van der Waals surface area contributed by atoms with Crippen LogP contribution in [0.15, 0.2) is 60.9 Å². The fourth-order valence-corrected chi connectivity index (χ4v) is 2.25. The third kappa shape index (κ3) is 3.81. The van der Waals surface area contributed by atoms with E-state index in [1.165, 1.54) is 6.33 Å². The number of aromatic nitrogens is 2. The monoisotopic (exact) mass is 350 g/mol. The molecule has 0 saturated heterocycles. The predicted octanol–water partition coefficient (Wildman–Crippen LogP) is 2.57. The molecule has 0 aliphatic heterocycles. The van der Waals surface area contributed by atoms with E-state index in [1.807, 2.05) is 30.3 Å². The van der Waals surface area contributed by atoms with E-state index in [-0.39, 0.29) is 17.4 Å². The molecule has 3 rings (SSSR count). The van der Waals surface area contributed by atoms with E-state index in [2.05, 4.69) is 26.1 Å². The molecule has 1 amide bonds. The molecule has 0 saturated carbocycles. The number of para-hydroxylation sites is 2. The Labute approximate surface area is 150 Å². The van der Waals surface area contributed by atoms with Gasteiger partial charge in [-0.05, 0) is 24.3 Å². The summed E-state index contributed by atoms with van der Waals surface area (Å²) in [5.74, 6) is 1.02. The number of rotatable bonds is 6. The Morgan fingerprint density at radius 1 is 1.00 bits per heavy atom. The summed E-state index contributed by atoms with van der Waals surface area (Å²) in [5.41, 5.74) is 12.9. The van der Waals surface area contributed by atoms with Crippen molar-refractivity contribution in [2.45, 2.75) is 0 Å². The number of carbonyl (C=O) groups is 1. The first-order chi connectivity index (χ1) is 12.7. The van der Waals surface area contributed by atoms with Gasteiger partial charge in [0.25, 0.3) is 5.91 Å².